The number of esters is 5. The third-order valence-corrected chi connectivity index (χ3v) is 9.86. The lowest BCUT2D eigenvalue weighted by Gasteiger charge is -2.40. The first-order valence-corrected chi connectivity index (χ1v) is 20.4. The van der Waals surface area contributed by atoms with Crippen LogP contribution in [0.2, 0.25) is 0 Å². The fraction of sp³-hybridized carbons (Fsp3) is 0.644. The van der Waals surface area contributed by atoms with Gasteiger partial charge in [-0.1, -0.05) is 75.3 Å². The summed E-state index contributed by atoms with van der Waals surface area (Å²) in [5.74, 6) is -2.83. The van der Waals surface area contributed by atoms with Gasteiger partial charge in [0.05, 0.1) is 18.6 Å². The second-order valence-corrected chi connectivity index (χ2v) is 16.0. The molecule has 2 rings (SSSR count). The molecule has 1 aliphatic rings. The Balaban J connectivity index is 2.56. The van der Waals surface area contributed by atoms with E-state index < -0.39 is 65.2 Å². The van der Waals surface area contributed by atoms with Crippen LogP contribution < -0.4 is 10.2 Å². The molecule has 2 heterocycles. The van der Waals surface area contributed by atoms with Crippen molar-refractivity contribution in [2.75, 3.05) is 20.3 Å². The van der Waals surface area contributed by atoms with E-state index in [4.69, 9.17) is 37.6 Å². The highest BCUT2D eigenvalue weighted by atomic mass is 16.6. The summed E-state index contributed by atoms with van der Waals surface area (Å²) in [6, 6.07) is 1.21. The Morgan fingerprint density at radius 1 is 0.881 bits per heavy atom. The zero-order chi connectivity index (χ0) is 44.4. The van der Waals surface area contributed by atoms with Crippen LogP contribution in [0.4, 0.5) is 0 Å². The van der Waals surface area contributed by atoms with Crippen molar-refractivity contribution in [3.05, 3.63) is 63.1 Å². The number of hydrogen-bond donors (Lipinski definition) is 0. The summed E-state index contributed by atoms with van der Waals surface area (Å²) < 4.78 is 45.4. The van der Waals surface area contributed by atoms with Gasteiger partial charge in [-0.25, -0.2) is 0 Å². The Morgan fingerprint density at radius 2 is 1.54 bits per heavy atom. The molecule has 1 aromatic rings. The summed E-state index contributed by atoms with van der Waals surface area (Å²) in [7, 11) is 1.27. The number of allylic oxidation sites excluding steroid dienone is 3. The maximum atomic E-state index is 14.1. The van der Waals surface area contributed by atoms with Crippen LogP contribution in [0.5, 0.6) is 5.95 Å². The van der Waals surface area contributed by atoms with Crippen molar-refractivity contribution in [3.63, 3.8) is 0 Å². The second-order valence-electron chi connectivity index (χ2n) is 16.0. The monoisotopic (exact) mass is 830 g/mol. The Bertz CT molecular complexity index is 1730. The lowest BCUT2D eigenvalue weighted by Crippen LogP contribution is -2.50. The Kier molecular flexibility index (Phi) is 20.8. The van der Waals surface area contributed by atoms with Gasteiger partial charge in [-0.2, -0.15) is 0 Å². The summed E-state index contributed by atoms with van der Waals surface area (Å²) in [5, 5.41) is 0. The third-order valence-electron chi connectivity index (χ3n) is 9.86. The molecule has 59 heavy (non-hydrogen) atoms. The van der Waals surface area contributed by atoms with E-state index >= 15 is 0 Å². The van der Waals surface area contributed by atoms with Crippen LogP contribution in [-0.2, 0) is 57.8 Å². The van der Waals surface area contributed by atoms with Crippen LogP contribution in [0.15, 0.2) is 50.7 Å². The lowest BCUT2D eigenvalue weighted by molar-refractivity contribution is -0.215. The first-order valence-electron chi connectivity index (χ1n) is 20.4. The fourth-order valence-electron chi connectivity index (χ4n) is 7.08. The number of carbonyl (C=O) groups is 5. The van der Waals surface area contributed by atoms with Gasteiger partial charge in [0.15, 0.2) is 11.5 Å². The molecule has 3 unspecified atom stereocenters. The zero-order valence-electron chi connectivity index (χ0n) is 37.0. The molecule has 1 fully saturated rings. The van der Waals surface area contributed by atoms with Gasteiger partial charge in [-0.05, 0) is 46.1 Å². The first kappa shape index (κ1) is 50.4. The van der Waals surface area contributed by atoms with E-state index in [1.54, 1.807) is 26.0 Å². The minimum atomic E-state index is -1.37. The van der Waals surface area contributed by atoms with Gasteiger partial charge >= 0.3 is 29.8 Å². The summed E-state index contributed by atoms with van der Waals surface area (Å²) in [6.45, 7) is 18.0. The molecule has 0 aliphatic carbocycles. The highest BCUT2D eigenvalue weighted by Crippen LogP contribution is 2.40. The number of ether oxygens (including phenoxy) is 7. The molecule has 0 radical (unpaired) electrons. The first-order chi connectivity index (χ1) is 27.7. The Labute approximate surface area is 349 Å². The number of hydrogen-bond acceptors (Lipinski definition) is 14. The number of methoxy groups -OCH3 is 1. The van der Waals surface area contributed by atoms with Gasteiger partial charge in [0.1, 0.15) is 42.8 Å². The van der Waals surface area contributed by atoms with Gasteiger partial charge in [-0.15, -0.1) is 0 Å². The quantitative estimate of drug-likeness (QED) is 0.0364. The van der Waals surface area contributed by atoms with Crippen molar-refractivity contribution in [3.8, 4) is 5.95 Å². The third kappa shape index (κ3) is 17.2. The van der Waals surface area contributed by atoms with E-state index in [1.165, 1.54) is 72.1 Å². The van der Waals surface area contributed by atoms with Crippen LogP contribution in [-0.4, -0.2) is 74.6 Å². The molecule has 0 amide bonds. The SMILES string of the molecule is CCCCCCC(C)C/C(C)=C\C(/C=C(C)/C=C/C(OC(C)=O)C(C)(C)c1cc(=O)c([C@@H]2O[C@H](COC(C)=O)C[C@H](OC(C)=O)[C@H]2OC(C)=O)c(OC)o1)COC(C)=O. The number of carbonyl (C=O) groups excluding carboxylic acids is 5. The highest BCUT2D eigenvalue weighted by Gasteiger charge is 2.47. The van der Waals surface area contributed by atoms with E-state index in [-0.39, 0.29) is 48.8 Å². The van der Waals surface area contributed by atoms with E-state index in [0.29, 0.717) is 5.92 Å². The summed E-state index contributed by atoms with van der Waals surface area (Å²) >= 11 is 0. The molecule has 0 spiro atoms. The minimum absolute atomic E-state index is 0.0108. The molecule has 0 saturated carbocycles. The summed E-state index contributed by atoms with van der Waals surface area (Å²) in [5.41, 5.74) is 0.0199. The van der Waals surface area contributed by atoms with Gasteiger partial charge in [0, 0.05) is 53.0 Å². The molecule has 7 atom stereocenters. The molecular formula is C45H66O14. The van der Waals surface area contributed by atoms with Crippen molar-refractivity contribution in [2.45, 2.75) is 157 Å². The van der Waals surface area contributed by atoms with Gasteiger partial charge in [-0.3, -0.25) is 28.8 Å². The molecule has 1 saturated heterocycles. The average Bonchev–Trinajstić information content (AvgIpc) is 3.13. The van der Waals surface area contributed by atoms with Gasteiger partial charge in [0.25, 0.3) is 5.95 Å². The molecule has 0 aromatic carbocycles. The zero-order valence-corrected chi connectivity index (χ0v) is 37.0. The molecule has 1 aromatic heterocycles. The average molecular weight is 831 g/mol. The predicted molar refractivity (Wildman–Crippen MR) is 219 cm³/mol. The van der Waals surface area contributed by atoms with E-state index in [2.05, 4.69) is 26.8 Å². The van der Waals surface area contributed by atoms with E-state index in [1.807, 2.05) is 13.0 Å². The molecule has 0 N–H and O–H groups in total. The summed E-state index contributed by atoms with van der Waals surface area (Å²) in [4.78, 5) is 74.4. The maximum Gasteiger partial charge on any atom is 0.303 e. The molecule has 14 heteroatoms. The fourth-order valence-corrected chi connectivity index (χ4v) is 7.08. The van der Waals surface area contributed by atoms with Crippen LogP contribution in [0, 0.1) is 11.8 Å². The van der Waals surface area contributed by atoms with Crippen LogP contribution in [0.3, 0.4) is 0 Å². The Hall–Kier alpha value is -4.72. The lowest BCUT2D eigenvalue weighted by atomic mass is 9.82. The maximum absolute atomic E-state index is 14.1. The van der Waals surface area contributed by atoms with Crippen molar-refractivity contribution in [1.29, 1.82) is 0 Å². The van der Waals surface area contributed by atoms with Crippen LogP contribution >= 0.6 is 0 Å². The van der Waals surface area contributed by atoms with E-state index in [9.17, 15) is 28.8 Å². The smallest absolute Gasteiger partial charge is 0.303 e. The number of unbranched alkanes of at least 4 members (excludes halogenated alkanes) is 3. The van der Waals surface area contributed by atoms with Crippen LogP contribution in [0.1, 0.15) is 139 Å². The topological polar surface area (TPSA) is 180 Å². The van der Waals surface area contributed by atoms with Crippen LogP contribution in [0.25, 0.3) is 0 Å². The standard InChI is InChI=1S/C45H66O14/c1-13-14-15-16-17-27(2)20-29(4)22-35(25-53-30(5)46)21-28(3)18-19-39(56-33(8)49)45(10,11)40-24-37(51)41(44(52-12)59-40)43-42(57-34(9)50)38(55-32(7)48)23-36(58-43)26-54-31(6)47/h18-19,21-22,24,27,35-36,38-39,42-43H,13-17,20,23,25-26H2,1-12H3/b19-18+,28-21+,29-22-/t27?,35?,36-,38-,39?,42+,43-/m0/s1. The molecule has 330 valence electrons. The largest absolute Gasteiger partial charge is 0.468 e. The van der Waals surface area contributed by atoms with E-state index in [0.717, 1.165) is 25.3 Å². The van der Waals surface area contributed by atoms with Crippen molar-refractivity contribution < 1.29 is 61.5 Å². The molecule has 0 bridgehead atoms. The highest BCUT2D eigenvalue weighted by molar-refractivity contribution is 5.68. The predicted octanol–water partition coefficient (Wildman–Crippen LogP) is 7.74. The second kappa shape index (κ2) is 24.4. The molecular weight excluding hydrogens is 764 g/mol. The minimum Gasteiger partial charge on any atom is -0.468 e. The van der Waals surface area contributed by atoms with Crippen molar-refractivity contribution in [2.24, 2.45) is 11.8 Å². The number of rotatable bonds is 22. The Morgan fingerprint density at radius 3 is 2.12 bits per heavy atom. The van der Waals surface area contributed by atoms with Gasteiger partial charge < -0.3 is 37.6 Å². The van der Waals surface area contributed by atoms with Crippen molar-refractivity contribution in [1.82, 2.24) is 0 Å². The summed E-state index contributed by atoms with van der Waals surface area (Å²) in [6.07, 6.45) is 8.94. The molecule has 14 nitrogen and oxygen atoms in total. The van der Waals surface area contributed by atoms with Gasteiger partial charge in [0.2, 0.25) is 0 Å². The normalized spacial score (nSPS) is 20.3. The van der Waals surface area contributed by atoms with Crippen molar-refractivity contribution >= 4 is 29.8 Å². The molecule has 1 aliphatic heterocycles.